The first-order valence-electron chi connectivity index (χ1n) is 4.86. The molecular weight excluding hydrogens is 234 g/mol. The Kier molecular flexibility index (Phi) is 2.60. The predicted octanol–water partition coefficient (Wildman–Crippen LogP) is 1.86. The van der Waals surface area contributed by atoms with Gasteiger partial charge in [-0.15, -0.1) is 0 Å². The fourth-order valence-corrected chi connectivity index (χ4v) is 2.74. The quantitative estimate of drug-likeness (QED) is 0.663. The number of hydrogen-bond acceptors (Lipinski definition) is 2. The lowest BCUT2D eigenvalue weighted by Gasteiger charge is -2.25. The SMILES string of the molecule is O=C(N1CCCO1)C1(Br)CCCC1. The fraction of sp³-hybridized carbons (Fsp3) is 0.889. The van der Waals surface area contributed by atoms with Crippen LogP contribution in [0.15, 0.2) is 0 Å². The van der Waals surface area contributed by atoms with Crippen molar-refractivity contribution in [1.82, 2.24) is 5.06 Å². The van der Waals surface area contributed by atoms with Gasteiger partial charge in [-0.25, -0.2) is 5.06 Å². The van der Waals surface area contributed by atoms with E-state index in [9.17, 15) is 4.79 Å². The minimum Gasteiger partial charge on any atom is -0.271 e. The number of rotatable bonds is 1. The molecule has 3 nitrogen and oxygen atoms in total. The zero-order valence-electron chi connectivity index (χ0n) is 7.59. The molecule has 0 atom stereocenters. The molecule has 74 valence electrons. The molecule has 1 amide bonds. The van der Waals surface area contributed by atoms with Gasteiger partial charge < -0.3 is 0 Å². The zero-order valence-corrected chi connectivity index (χ0v) is 9.18. The second-order valence-electron chi connectivity index (χ2n) is 3.77. The molecule has 1 saturated heterocycles. The number of carbonyl (C=O) groups excluding carboxylic acids is 1. The average Bonchev–Trinajstić information content (AvgIpc) is 2.73. The van der Waals surface area contributed by atoms with Gasteiger partial charge in [0.25, 0.3) is 5.91 Å². The molecule has 1 aliphatic carbocycles. The third kappa shape index (κ3) is 1.74. The summed E-state index contributed by atoms with van der Waals surface area (Å²) in [5.74, 6) is 0.127. The van der Waals surface area contributed by atoms with E-state index in [0.717, 1.165) is 38.6 Å². The Labute approximate surface area is 86.5 Å². The highest BCUT2D eigenvalue weighted by Gasteiger charge is 2.42. The topological polar surface area (TPSA) is 29.5 Å². The number of halogens is 1. The number of nitrogens with zero attached hydrogens (tertiary/aromatic N) is 1. The molecule has 1 aliphatic heterocycles. The predicted molar refractivity (Wildman–Crippen MR) is 52.4 cm³/mol. The molecule has 0 aromatic carbocycles. The van der Waals surface area contributed by atoms with Crippen molar-refractivity contribution in [3.63, 3.8) is 0 Å². The van der Waals surface area contributed by atoms with Gasteiger partial charge in [0.05, 0.1) is 13.2 Å². The molecule has 1 saturated carbocycles. The van der Waals surface area contributed by atoms with Crippen molar-refractivity contribution in [2.45, 2.75) is 36.4 Å². The molecule has 0 aromatic rings. The first-order chi connectivity index (χ1) is 6.22. The van der Waals surface area contributed by atoms with Crippen LogP contribution in [-0.2, 0) is 9.63 Å². The highest BCUT2D eigenvalue weighted by molar-refractivity contribution is 9.10. The fourth-order valence-electron chi connectivity index (χ4n) is 1.98. The van der Waals surface area contributed by atoms with Gasteiger partial charge in [-0.3, -0.25) is 9.63 Å². The second-order valence-corrected chi connectivity index (χ2v) is 5.28. The molecular formula is C9H14BrNO2. The van der Waals surface area contributed by atoms with Crippen molar-refractivity contribution in [1.29, 1.82) is 0 Å². The van der Waals surface area contributed by atoms with E-state index in [1.165, 1.54) is 5.06 Å². The lowest BCUT2D eigenvalue weighted by atomic mass is 10.1. The lowest BCUT2D eigenvalue weighted by Crippen LogP contribution is -2.41. The standard InChI is InChI=1S/C9H14BrNO2/c10-9(4-1-2-5-9)8(12)11-6-3-7-13-11/h1-7H2. The Morgan fingerprint density at radius 2 is 2.00 bits per heavy atom. The van der Waals surface area contributed by atoms with E-state index >= 15 is 0 Å². The van der Waals surface area contributed by atoms with Crippen LogP contribution in [0.5, 0.6) is 0 Å². The molecule has 2 aliphatic rings. The van der Waals surface area contributed by atoms with Gasteiger partial charge in [-0.2, -0.15) is 0 Å². The summed E-state index contributed by atoms with van der Waals surface area (Å²) in [4.78, 5) is 17.2. The van der Waals surface area contributed by atoms with Gasteiger partial charge in [0, 0.05) is 0 Å². The first kappa shape index (κ1) is 9.46. The van der Waals surface area contributed by atoms with Crippen LogP contribution in [0.4, 0.5) is 0 Å². The van der Waals surface area contributed by atoms with Crippen LogP contribution in [0.2, 0.25) is 0 Å². The Morgan fingerprint density at radius 3 is 2.54 bits per heavy atom. The van der Waals surface area contributed by atoms with Crippen molar-refractivity contribution in [2.75, 3.05) is 13.2 Å². The second kappa shape index (κ2) is 3.58. The van der Waals surface area contributed by atoms with E-state index in [2.05, 4.69) is 15.9 Å². The highest BCUT2D eigenvalue weighted by Crippen LogP contribution is 2.39. The molecule has 0 N–H and O–H groups in total. The monoisotopic (exact) mass is 247 g/mol. The van der Waals surface area contributed by atoms with E-state index in [1.807, 2.05) is 0 Å². The molecule has 4 heteroatoms. The van der Waals surface area contributed by atoms with Crippen molar-refractivity contribution in [2.24, 2.45) is 0 Å². The van der Waals surface area contributed by atoms with Crippen LogP contribution in [-0.4, -0.2) is 28.4 Å². The first-order valence-corrected chi connectivity index (χ1v) is 5.65. The van der Waals surface area contributed by atoms with Gasteiger partial charge in [-0.05, 0) is 19.3 Å². The third-order valence-electron chi connectivity index (χ3n) is 2.76. The summed E-state index contributed by atoms with van der Waals surface area (Å²) >= 11 is 3.55. The molecule has 0 unspecified atom stereocenters. The van der Waals surface area contributed by atoms with Crippen LogP contribution < -0.4 is 0 Å². The maximum absolute atomic E-state index is 11.9. The summed E-state index contributed by atoms with van der Waals surface area (Å²) in [5.41, 5.74) is 0. The van der Waals surface area contributed by atoms with E-state index in [1.54, 1.807) is 0 Å². The van der Waals surface area contributed by atoms with Crippen molar-refractivity contribution in [3.8, 4) is 0 Å². The van der Waals surface area contributed by atoms with Gasteiger partial charge in [0.1, 0.15) is 4.32 Å². The summed E-state index contributed by atoms with van der Waals surface area (Å²) in [5, 5.41) is 1.53. The molecule has 2 rings (SSSR count). The molecule has 13 heavy (non-hydrogen) atoms. The summed E-state index contributed by atoms with van der Waals surface area (Å²) in [6.07, 6.45) is 5.15. The van der Waals surface area contributed by atoms with E-state index in [4.69, 9.17) is 4.84 Å². The van der Waals surface area contributed by atoms with E-state index < -0.39 is 0 Å². The summed E-state index contributed by atoms with van der Waals surface area (Å²) in [6.45, 7) is 1.45. The molecule has 0 spiro atoms. The van der Waals surface area contributed by atoms with Gasteiger partial charge >= 0.3 is 0 Å². The Hall–Kier alpha value is -0.0900. The lowest BCUT2D eigenvalue weighted by molar-refractivity contribution is -0.171. The van der Waals surface area contributed by atoms with Crippen LogP contribution >= 0.6 is 15.9 Å². The number of amides is 1. The van der Waals surface area contributed by atoms with E-state index in [0.29, 0.717) is 6.61 Å². The van der Waals surface area contributed by atoms with Crippen LogP contribution in [0.1, 0.15) is 32.1 Å². The number of hydrogen-bond donors (Lipinski definition) is 0. The smallest absolute Gasteiger partial charge is 0.262 e. The molecule has 2 fully saturated rings. The maximum atomic E-state index is 11.9. The van der Waals surface area contributed by atoms with Crippen molar-refractivity contribution >= 4 is 21.8 Å². The van der Waals surface area contributed by atoms with E-state index in [-0.39, 0.29) is 10.2 Å². The molecule has 0 bridgehead atoms. The van der Waals surface area contributed by atoms with Crippen molar-refractivity contribution < 1.29 is 9.63 Å². The Bertz CT molecular complexity index is 208. The highest BCUT2D eigenvalue weighted by atomic mass is 79.9. The van der Waals surface area contributed by atoms with Crippen molar-refractivity contribution in [3.05, 3.63) is 0 Å². The summed E-state index contributed by atoms with van der Waals surface area (Å²) in [7, 11) is 0. The number of alkyl halides is 1. The number of carbonyl (C=O) groups is 1. The third-order valence-corrected chi connectivity index (χ3v) is 3.89. The van der Waals surface area contributed by atoms with Gasteiger partial charge in [-0.1, -0.05) is 28.8 Å². The normalized spacial score (nSPS) is 26.7. The summed E-state index contributed by atoms with van der Waals surface area (Å²) in [6, 6.07) is 0. The largest absolute Gasteiger partial charge is 0.271 e. The molecule has 0 radical (unpaired) electrons. The minimum absolute atomic E-state index is 0.127. The summed E-state index contributed by atoms with van der Waals surface area (Å²) < 4.78 is -0.308. The zero-order chi connectivity index (χ0) is 9.31. The Balaban J connectivity index is 2.02. The van der Waals surface area contributed by atoms with Crippen LogP contribution in [0, 0.1) is 0 Å². The molecule has 1 heterocycles. The van der Waals surface area contributed by atoms with Gasteiger partial charge in [0.2, 0.25) is 0 Å². The maximum Gasteiger partial charge on any atom is 0.262 e. The van der Waals surface area contributed by atoms with Crippen LogP contribution in [0.25, 0.3) is 0 Å². The average molecular weight is 248 g/mol. The minimum atomic E-state index is -0.308. The van der Waals surface area contributed by atoms with Gasteiger partial charge in [0.15, 0.2) is 0 Å². The number of hydroxylamine groups is 2. The van der Waals surface area contributed by atoms with Crippen LogP contribution in [0.3, 0.4) is 0 Å². The molecule has 0 aromatic heterocycles. The Morgan fingerprint density at radius 1 is 1.31 bits per heavy atom.